The largest absolute Gasteiger partial charge is 0.309 e. The highest BCUT2D eigenvalue weighted by Gasteiger charge is 2.23. The second-order valence-electron chi connectivity index (χ2n) is 25.7. The van der Waals surface area contributed by atoms with Crippen molar-refractivity contribution in [2.24, 2.45) is 0 Å². The molecule has 0 aliphatic carbocycles. The predicted molar refractivity (Wildman–Crippen MR) is 386 cm³/mol. The third kappa shape index (κ3) is 10.0. The average molecular weight is 1170 g/mol. The minimum Gasteiger partial charge on any atom is -0.309 e. The summed E-state index contributed by atoms with van der Waals surface area (Å²) < 4.78 is 4.99. The van der Waals surface area contributed by atoms with Crippen LogP contribution >= 0.6 is 0 Å². The van der Waals surface area contributed by atoms with E-state index in [1.54, 1.807) is 0 Å². The molecule has 15 aromatic rings. The Morgan fingerprint density at radius 3 is 1.08 bits per heavy atom. The van der Waals surface area contributed by atoms with E-state index in [4.69, 9.17) is 9.97 Å². The molecule has 0 atom stereocenters. The van der Waals surface area contributed by atoms with E-state index in [0.717, 1.165) is 72.6 Å². The van der Waals surface area contributed by atoms with Crippen molar-refractivity contribution in [1.29, 1.82) is 0 Å². The van der Waals surface area contributed by atoms with Crippen LogP contribution in [-0.4, -0.2) is 19.1 Å². The molecule has 4 heteroatoms. The van der Waals surface area contributed by atoms with Crippen molar-refractivity contribution in [3.05, 3.63) is 298 Å². The summed E-state index contributed by atoms with van der Waals surface area (Å²) in [6, 6.07) is 88.3. The normalized spacial score (nSPS) is 11.7. The van der Waals surface area contributed by atoms with Crippen molar-refractivity contribution in [1.82, 2.24) is 19.1 Å². The Hall–Kier alpha value is -10.7. The number of fused-ring (bicyclic) bond motifs is 6. The molecule has 15 rings (SSSR count). The van der Waals surface area contributed by atoms with Crippen LogP contribution in [0.1, 0.15) is 61.2 Å². The van der Waals surface area contributed by atoms with Crippen molar-refractivity contribution >= 4 is 43.6 Å². The van der Waals surface area contributed by atoms with Gasteiger partial charge in [-0.1, -0.05) is 174 Å². The number of nitrogens with zero attached hydrogens (tertiary/aromatic N) is 4. The lowest BCUT2D eigenvalue weighted by molar-refractivity contribution is 1.16. The maximum absolute atomic E-state index is 5.43. The number of rotatable bonds is 10. The average Bonchev–Trinajstić information content (AvgIpc) is 1.62. The molecule has 440 valence electrons. The fraction of sp³-hybridized carbons (Fsp3) is 0.126. The lowest BCUT2D eigenvalue weighted by Crippen LogP contribution is -2.01. The molecule has 0 saturated carbocycles. The van der Waals surface area contributed by atoms with Gasteiger partial charge in [0, 0.05) is 49.5 Å². The second kappa shape index (κ2) is 22.4. The van der Waals surface area contributed by atoms with Gasteiger partial charge in [-0.05, 0) is 250 Å². The van der Waals surface area contributed by atoms with Gasteiger partial charge in [0.2, 0.25) is 0 Å². The summed E-state index contributed by atoms with van der Waals surface area (Å²) in [6.07, 6.45) is 0. The summed E-state index contributed by atoms with van der Waals surface area (Å²) in [4.78, 5) is 10.9. The van der Waals surface area contributed by atoms with E-state index in [2.05, 4.69) is 322 Å². The van der Waals surface area contributed by atoms with E-state index in [9.17, 15) is 0 Å². The zero-order valence-corrected chi connectivity index (χ0v) is 53.8. The number of benzene rings is 12. The van der Waals surface area contributed by atoms with Gasteiger partial charge in [-0.25, -0.2) is 9.97 Å². The summed E-state index contributed by atoms with van der Waals surface area (Å²) >= 11 is 0. The summed E-state index contributed by atoms with van der Waals surface area (Å²) in [5, 5.41) is 4.83. The van der Waals surface area contributed by atoms with Crippen LogP contribution in [0.3, 0.4) is 0 Å². The third-order valence-electron chi connectivity index (χ3n) is 18.9. The van der Waals surface area contributed by atoms with Gasteiger partial charge in [0.05, 0.1) is 39.1 Å². The quantitative estimate of drug-likeness (QED) is 0.137. The highest BCUT2D eigenvalue weighted by Crippen LogP contribution is 2.45. The topological polar surface area (TPSA) is 35.6 Å². The van der Waals surface area contributed by atoms with Gasteiger partial charge < -0.3 is 9.13 Å². The summed E-state index contributed by atoms with van der Waals surface area (Å²) in [6.45, 7) is 24.5. The third-order valence-corrected chi connectivity index (χ3v) is 18.9. The van der Waals surface area contributed by atoms with E-state index in [1.807, 2.05) is 0 Å². The van der Waals surface area contributed by atoms with E-state index in [-0.39, 0.29) is 0 Å². The lowest BCUT2D eigenvalue weighted by atomic mass is 9.91. The van der Waals surface area contributed by atoms with Gasteiger partial charge in [-0.15, -0.1) is 0 Å². The summed E-state index contributed by atoms with van der Waals surface area (Å²) in [5.41, 5.74) is 37.6. The fourth-order valence-corrected chi connectivity index (χ4v) is 15.3. The molecule has 0 N–H and O–H groups in total. The first-order valence-electron chi connectivity index (χ1n) is 31.8. The van der Waals surface area contributed by atoms with E-state index < -0.39 is 0 Å². The molecule has 0 unspecified atom stereocenters. The molecular formula is C87H72N4. The van der Waals surface area contributed by atoms with Gasteiger partial charge in [0.1, 0.15) is 0 Å². The highest BCUT2D eigenvalue weighted by molar-refractivity contribution is 6.14. The van der Waals surface area contributed by atoms with Crippen molar-refractivity contribution in [2.45, 2.75) is 76.2 Å². The van der Waals surface area contributed by atoms with Crippen molar-refractivity contribution < 1.29 is 0 Å². The molecule has 0 saturated heterocycles. The van der Waals surface area contributed by atoms with Crippen LogP contribution in [0, 0.1) is 76.2 Å². The van der Waals surface area contributed by atoms with Crippen LogP contribution < -0.4 is 0 Å². The number of aryl methyl sites for hydroxylation is 11. The standard InChI is InChI=1S/C87H72N4/c1-51-25-31-71(55(5)37-51)65-26-32-82-73(45-65)76-48-68(86-60(10)42-54(4)43-61(86)11)29-35-83(76)91(82)79-36-30-69(87-88-77(62-19-14-12-15-20-62)50-78(89-87)63-21-16-13-17-22-63)49-72(79)64-23-18-24-70(44-64)90-80-33-27-66(84-56(6)38-52(2)39-57(84)7)46-74(80)75-47-67(28-34-81(75)90)85-58(8)40-53(3)41-59(85)9/h12-50H,1-11H3. The number of aromatic nitrogens is 4. The first-order valence-corrected chi connectivity index (χ1v) is 31.8. The second-order valence-corrected chi connectivity index (χ2v) is 25.7. The van der Waals surface area contributed by atoms with Crippen LogP contribution in [0.15, 0.2) is 237 Å². The Morgan fingerprint density at radius 2 is 0.626 bits per heavy atom. The van der Waals surface area contributed by atoms with Crippen molar-refractivity contribution in [2.75, 3.05) is 0 Å². The van der Waals surface area contributed by atoms with E-state index >= 15 is 0 Å². The van der Waals surface area contributed by atoms with Crippen LogP contribution in [0.25, 0.3) is 145 Å². The van der Waals surface area contributed by atoms with Crippen molar-refractivity contribution in [3.8, 4) is 101 Å². The molecule has 4 nitrogen and oxygen atoms in total. The van der Waals surface area contributed by atoms with Gasteiger partial charge in [-0.3, -0.25) is 0 Å². The Labute approximate surface area is 534 Å². The monoisotopic (exact) mass is 1170 g/mol. The van der Waals surface area contributed by atoms with Gasteiger partial charge in [-0.2, -0.15) is 0 Å². The molecule has 0 aliphatic heterocycles. The molecule has 12 aromatic carbocycles. The van der Waals surface area contributed by atoms with Gasteiger partial charge in [0.15, 0.2) is 5.82 Å². The van der Waals surface area contributed by atoms with E-state index in [0.29, 0.717) is 5.82 Å². The van der Waals surface area contributed by atoms with Crippen LogP contribution in [0.5, 0.6) is 0 Å². The Bertz CT molecular complexity index is 5220. The predicted octanol–water partition coefficient (Wildman–Crippen LogP) is 23.4. The highest BCUT2D eigenvalue weighted by atomic mass is 15.0. The number of hydrogen-bond acceptors (Lipinski definition) is 2. The molecule has 0 spiro atoms. The SMILES string of the molecule is Cc1ccc(-c2ccc3c(c2)c2cc(-c4c(C)cc(C)cc4C)ccc2n3-c2ccc(-c3nc(-c4ccccc4)cc(-c4ccccc4)n3)cc2-c2cccc(-n3c4ccc(-c5c(C)cc(C)cc5C)cc4c4cc(-c5c(C)cc(C)cc5C)ccc43)c2)c(C)c1. The molecule has 0 aliphatic rings. The van der Waals surface area contributed by atoms with Crippen LogP contribution in [-0.2, 0) is 0 Å². The maximum Gasteiger partial charge on any atom is 0.160 e. The van der Waals surface area contributed by atoms with Gasteiger partial charge in [0.25, 0.3) is 0 Å². The molecule has 91 heavy (non-hydrogen) atoms. The minimum atomic E-state index is 0.657. The zero-order chi connectivity index (χ0) is 62.5. The molecule has 0 bridgehead atoms. The summed E-state index contributed by atoms with van der Waals surface area (Å²) in [7, 11) is 0. The molecular weight excluding hydrogens is 1100 g/mol. The molecule has 0 radical (unpaired) electrons. The molecule has 0 fully saturated rings. The van der Waals surface area contributed by atoms with Crippen molar-refractivity contribution in [3.63, 3.8) is 0 Å². The lowest BCUT2D eigenvalue weighted by Gasteiger charge is -2.18. The minimum absolute atomic E-state index is 0.657. The zero-order valence-electron chi connectivity index (χ0n) is 53.8. The van der Waals surface area contributed by atoms with E-state index in [1.165, 1.54) is 127 Å². The molecule has 0 amide bonds. The maximum atomic E-state index is 5.43. The Kier molecular flexibility index (Phi) is 14.0. The first kappa shape index (κ1) is 56.8. The summed E-state index contributed by atoms with van der Waals surface area (Å²) in [5.74, 6) is 0.657. The first-order chi connectivity index (χ1) is 44.1. The number of hydrogen-bond donors (Lipinski definition) is 0. The van der Waals surface area contributed by atoms with Crippen LogP contribution in [0.4, 0.5) is 0 Å². The molecule has 3 heterocycles. The fourth-order valence-electron chi connectivity index (χ4n) is 15.3. The van der Waals surface area contributed by atoms with Crippen LogP contribution in [0.2, 0.25) is 0 Å². The smallest absolute Gasteiger partial charge is 0.160 e. The Morgan fingerprint density at radius 1 is 0.242 bits per heavy atom. The van der Waals surface area contributed by atoms with Gasteiger partial charge >= 0.3 is 0 Å². The Balaban J connectivity index is 0.996. The molecule has 3 aromatic heterocycles.